The highest BCUT2D eigenvalue weighted by molar-refractivity contribution is 7.88. The third kappa shape index (κ3) is 4.76. The number of fused-ring (bicyclic) bond motifs is 1. The van der Waals surface area contributed by atoms with Crippen LogP contribution in [0.4, 0.5) is 0 Å². The van der Waals surface area contributed by atoms with Gasteiger partial charge >= 0.3 is 0 Å². The fourth-order valence-corrected chi connectivity index (χ4v) is 5.11. The van der Waals surface area contributed by atoms with Gasteiger partial charge in [0.2, 0.25) is 10.0 Å². The summed E-state index contributed by atoms with van der Waals surface area (Å²) in [6.07, 6.45) is 3.04. The Kier molecular flexibility index (Phi) is 6.18. The topological polar surface area (TPSA) is 81.1 Å². The van der Waals surface area contributed by atoms with Gasteiger partial charge in [0.1, 0.15) is 5.60 Å². The van der Waals surface area contributed by atoms with Crippen LogP contribution < -0.4 is 0 Å². The molecule has 0 aliphatic carbocycles. The summed E-state index contributed by atoms with van der Waals surface area (Å²) in [6, 6.07) is 7.93. The molecule has 0 bridgehead atoms. The van der Waals surface area contributed by atoms with Gasteiger partial charge in [0.25, 0.3) is 0 Å². The fourth-order valence-electron chi connectivity index (χ4n) is 4.22. The van der Waals surface area contributed by atoms with Gasteiger partial charge in [-0.1, -0.05) is 24.0 Å². The largest absolute Gasteiger partial charge is 0.395 e. The van der Waals surface area contributed by atoms with Crippen LogP contribution in [0.25, 0.3) is 0 Å². The summed E-state index contributed by atoms with van der Waals surface area (Å²) in [5.74, 6) is 5.85. The molecule has 2 saturated heterocycles. The van der Waals surface area contributed by atoms with E-state index in [-0.39, 0.29) is 24.6 Å². The highest BCUT2D eigenvalue weighted by atomic mass is 32.2. The summed E-state index contributed by atoms with van der Waals surface area (Å²) < 4.78 is 25.9. The first-order chi connectivity index (χ1) is 13.1. The van der Waals surface area contributed by atoms with Crippen LogP contribution >= 0.6 is 0 Å². The molecule has 3 atom stereocenters. The Bertz CT molecular complexity index is 849. The maximum atomic E-state index is 12.1. The number of hydrogen-bond acceptors (Lipinski definition) is 5. The second-order valence-electron chi connectivity index (χ2n) is 8.34. The lowest BCUT2D eigenvalue weighted by Crippen LogP contribution is -2.67. The molecule has 28 heavy (non-hydrogen) atoms. The van der Waals surface area contributed by atoms with Crippen molar-refractivity contribution < 1.29 is 18.6 Å². The summed E-state index contributed by atoms with van der Waals surface area (Å²) in [6.45, 7) is 5.25. The van der Waals surface area contributed by atoms with E-state index >= 15 is 0 Å². The highest BCUT2D eigenvalue weighted by Gasteiger charge is 2.49. The summed E-state index contributed by atoms with van der Waals surface area (Å²) in [5.41, 5.74) is 0.865. The molecule has 0 radical (unpaired) electrons. The van der Waals surface area contributed by atoms with Crippen molar-refractivity contribution in [1.82, 2.24) is 9.21 Å². The van der Waals surface area contributed by atoms with Crippen LogP contribution in [-0.2, 0) is 10.0 Å². The molecular weight excluding hydrogens is 376 g/mol. The zero-order valence-corrected chi connectivity index (χ0v) is 17.6. The van der Waals surface area contributed by atoms with Gasteiger partial charge in [-0.15, -0.1) is 0 Å². The number of nitrogens with zero attached hydrogens (tertiary/aromatic N) is 2. The Morgan fingerprint density at radius 1 is 1.18 bits per heavy atom. The summed E-state index contributed by atoms with van der Waals surface area (Å²) in [4.78, 5) is 2.25. The molecule has 0 aromatic heterocycles. The smallest absolute Gasteiger partial charge is 0.211 e. The minimum atomic E-state index is -3.24. The number of hydrogen-bond donors (Lipinski definition) is 2. The molecule has 3 rings (SSSR count). The molecular formula is C21H30N2O4S. The highest BCUT2D eigenvalue weighted by Crippen LogP contribution is 2.42. The van der Waals surface area contributed by atoms with Gasteiger partial charge in [0.05, 0.1) is 12.9 Å². The fraction of sp³-hybridized carbons (Fsp3) is 0.619. The molecule has 2 N–H and O–H groups in total. The number of aliphatic hydroxyl groups is 2. The number of benzene rings is 1. The lowest BCUT2D eigenvalue weighted by molar-refractivity contribution is -0.0553. The molecule has 7 heteroatoms. The maximum Gasteiger partial charge on any atom is 0.211 e. The Hall–Kier alpha value is -1.43. The van der Waals surface area contributed by atoms with Crippen LogP contribution in [0.1, 0.15) is 43.7 Å². The van der Waals surface area contributed by atoms with Crippen molar-refractivity contribution in [3.05, 3.63) is 35.4 Å². The zero-order chi connectivity index (χ0) is 20.5. The van der Waals surface area contributed by atoms with Crippen LogP contribution in [0, 0.1) is 11.8 Å². The SMILES string of the molecule is CC(C)(O)C#Cc1ccc([C@H]2[C@@H](CO)N3CCCCN(S(C)(=O)=O)C[C@@H]23)cc1. The Balaban J connectivity index is 1.84. The van der Waals surface area contributed by atoms with Crippen molar-refractivity contribution in [1.29, 1.82) is 0 Å². The summed E-state index contributed by atoms with van der Waals surface area (Å²) >= 11 is 0. The first-order valence-corrected chi connectivity index (χ1v) is 11.6. The van der Waals surface area contributed by atoms with E-state index in [9.17, 15) is 18.6 Å². The van der Waals surface area contributed by atoms with E-state index in [1.807, 2.05) is 24.3 Å². The average Bonchev–Trinajstić information content (AvgIpc) is 2.58. The molecule has 1 aromatic rings. The van der Waals surface area contributed by atoms with E-state index in [4.69, 9.17) is 0 Å². The van der Waals surface area contributed by atoms with Crippen LogP contribution in [0.15, 0.2) is 24.3 Å². The van der Waals surface area contributed by atoms with Gasteiger partial charge in [-0.2, -0.15) is 0 Å². The van der Waals surface area contributed by atoms with E-state index < -0.39 is 15.6 Å². The van der Waals surface area contributed by atoms with Crippen LogP contribution in [0.3, 0.4) is 0 Å². The molecule has 6 nitrogen and oxygen atoms in total. The van der Waals surface area contributed by atoms with E-state index in [2.05, 4.69) is 16.7 Å². The van der Waals surface area contributed by atoms with E-state index in [0.29, 0.717) is 13.1 Å². The van der Waals surface area contributed by atoms with Crippen molar-refractivity contribution in [3.8, 4) is 11.8 Å². The van der Waals surface area contributed by atoms with Gasteiger partial charge in [-0.3, -0.25) is 4.90 Å². The number of rotatable bonds is 3. The third-order valence-electron chi connectivity index (χ3n) is 5.61. The summed E-state index contributed by atoms with van der Waals surface area (Å²) in [7, 11) is -3.24. The lowest BCUT2D eigenvalue weighted by Gasteiger charge is -2.57. The summed E-state index contributed by atoms with van der Waals surface area (Å²) in [5, 5.41) is 19.7. The normalized spacial score (nSPS) is 27.0. The Morgan fingerprint density at radius 2 is 1.82 bits per heavy atom. The second kappa shape index (κ2) is 8.13. The van der Waals surface area contributed by atoms with Gasteiger partial charge in [-0.25, -0.2) is 12.7 Å². The molecule has 2 aliphatic rings. The van der Waals surface area contributed by atoms with Crippen molar-refractivity contribution in [2.75, 3.05) is 32.5 Å². The van der Waals surface area contributed by atoms with Gasteiger partial charge in [0, 0.05) is 36.7 Å². The second-order valence-corrected chi connectivity index (χ2v) is 10.3. The average molecular weight is 407 g/mol. The minimum Gasteiger partial charge on any atom is -0.395 e. The van der Waals surface area contributed by atoms with Crippen LogP contribution in [0.5, 0.6) is 0 Å². The van der Waals surface area contributed by atoms with Crippen molar-refractivity contribution in [3.63, 3.8) is 0 Å². The monoisotopic (exact) mass is 406 g/mol. The minimum absolute atomic E-state index is 0.0119. The third-order valence-corrected chi connectivity index (χ3v) is 6.88. The van der Waals surface area contributed by atoms with Crippen molar-refractivity contribution in [2.24, 2.45) is 0 Å². The van der Waals surface area contributed by atoms with E-state index in [1.165, 1.54) is 6.26 Å². The van der Waals surface area contributed by atoms with E-state index in [0.717, 1.165) is 30.5 Å². The van der Waals surface area contributed by atoms with Crippen LogP contribution in [-0.4, -0.2) is 78.0 Å². The lowest BCUT2D eigenvalue weighted by atomic mass is 9.74. The Labute approximate surface area is 168 Å². The van der Waals surface area contributed by atoms with Crippen LogP contribution in [0.2, 0.25) is 0 Å². The molecule has 0 saturated carbocycles. The van der Waals surface area contributed by atoms with E-state index in [1.54, 1.807) is 18.2 Å². The number of aliphatic hydroxyl groups excluding tert-OH is 1. The predicted octanol–water partition coefficient (Wildman–Crippen LogP) is 0.993. The standard InChI is InChI=1S/C21H30N2O4S/c1-21(2,25)11-10-16-6-8-17(9-7-16)20-18-14-22(28(3,26)27)12-4-5-13-23(18)19(20)15-24/h6-9,18-20,24-25H,4-5,12-15H2,1-3H3/t18-,19+,20+/m0/s1. The van der Waals surface area contributed by atoms with Crippen molar-refractivity contribution in [2.45, 2.75) is 50.3 Å². The Morgan fingerprint density at radius 3 is 2.39 bits per heavy atom. The molecule has 2 heterocycles. The molecule has 1 aromatic carbocycles. The quantitative estimate of drug-likeness (QED) is 0.732. The predicted molar refractivity (Wildman–Crippen MR) is 109 cm³/mol. The van der Waals surface area contributed by atoms with Gasteiger partial charge in [0.15, 0.2) is 0 Å². The molecule has 2 aliphatic heterocycles. The van der Waals surface area contributed by atoms with Crippen molar-refractivity contribution >= 4 is 10.0 Å². The van der Waals surface area contributed by atoms with Gasteiger partial charge < -0.3 is 10.2 Å². The molecule has 0 amide bonds. The molecule has 154 valence electrons. The zero-order valence-electron chi connectivity index (χ0n) is 16.8. The number of sulfonamides is 1. The molecule has 2 fully saturated rings. The first-order valence-electron chi connectivity index (χ1n) is 9.77. The first kappa shape index (κ1) is 21.3. The molecule has 0 spiro atoms. The van der Waals surface area contributed by atoms with Gasteiger partial charge in [-0.05, 0) is 50.9 Å². The molecule has 0 unspecified atom stereocenters. The maximum absolute atomic E-state index is 12.1.